The third kappa shape index (κ3) is 2.63. The number of aryl methyl sites for hydroxylation is 1. The van der Waals surface area contributed by atoms with E-state index < -0.39 is 15.6 Å². The van der Waals surface area contributed by atoms with Crippen LogP contribution in [0.15, 0.2) is 17.2 Å². The Morgan fingerprint density at radius 2 is 2.15 bits per heavy atom. The molecule has 20 heavy (non-hydrogen) atoms. The molecule has 114 valence electrons. The monoisotopic (exact) mass is 302 g/mol. The van der Waals surface area contributed by atoms with Gasteiger partial charge in [0.2, 0.25) is 10.0 Å². The standard InChI is InChI=1S/C13H22N2O4S/c1-4-14-8-12(7-11(14)9-16)20(17,18)15-5-6-19-10-13(15,2)3/h7-8,16H,4-6,9-10H2,1-3H3. The summed E-state index contributed by atoms with van der Waals surface area (Å²) in [4.78, 5) is 0.235. The average Bonchev–Trinajstić information content (AvgIpc) is 2.81. The molecule has 0 spiro atoms. The predicted octanol–water partition coefficient (Wildman–Crippen LogP) is 0.800. The van der Waals surface area contributed by atoms with Gasteiger partial charge in [0.25, 0.3) is 0 Å². The average molecular weight is 302 g/mol. The SMILES string of the molecule is CCn1cc(S(=O)(=O)N2CCOCC2(C)C)cc1CO. The molecular weight excluding hydrogens is 280 g/mol. The van der Waals surface area contributed by atoms with Crippen LogP contribution in [-0.2, 0) is 27.9 Å². The first-order valence-electron chi connectivity index (χ1n) is 6.73. The number of aliphatic hydroxyl groups is 1. The van der Waals surface area contributed by atoms with Gasteiger partial charge in [0.15, 0.2) is 0 Å². The van der Waals surface area contributed by atoms with E-state index in [9.17, 15) is 13.5 Å². The molecule has 1 aromatic heterocycles. The van der Waals surface area contributed by atoms with Gasteiger partial charge in [-0.3, -0.25) is 0 Å². The third-order valence-electron chi connectivity index (χ3n) is 3.62. The Bertz CT molecular complexity index is 556. The summed E-state index contributed by atoms with van der Waals surface area (Å²) in [7, 11) is -3.57. The molecule has 1 N–H and O–H groups in total. The van der Waals surface area contributed by atoms with E-state index >= 15 is 0 Å². The second-order valence-corrected chi connectivity index (χ2v) is 7.42. The van der Waals surface area contributed by atoms with Gasteiger partial charge in [-0.15, -0.1) is 0 Å². The minimum absolute atomic E-state index is 0.171. The number of rotatable bonds is 4. The van der Waals surface area contributed by atoms with Crippen molar-refractivity contribution in [1.82, 2.24) is 8.87 Å². The number of hydrogen-bond acceptors (Lipinski definition) is 4. The first kappa shape index (κ1) is 15.5. The Balaban J connectivity index is 2.41. The summed E-state index contributed by atoms with van der Waals surface area (Å²) in [6.07, 6.45) is 1.59. The van der Waals surface area contributed by atoms with Crippen molar-refractivity contribution in [2.45, 2.75) is 44.4 Å². The molecule has 0 amide bonds. The van der Waals surface area contributed by atoms with E-state index in [2.05, 4.69) is 0 Å². The van der Waals surface area contributed by atoms with Gasteiger partial charge in [0.05, 0.1) is 25.4 Å². The highest BCUT2D eigenvalue weighted by Gasteiger charge is 2.40. The van der Waals surface area contributed by atoms with Crippen molar-refractivity contribution in [3.05, 3.63) is 18.0 Å². The number of aromatic nitrogens is 1. The maximum Gasteiger partial charge on any atom is 0.245 e. The fourth-order valence-corrected chi connectivity index (χ4v) is 4.33. The molecule has 0 aromatic carbocycles. The Hall–Kier alpha value is -0.890. The highest BCUT2D eigenvalue weighted by Crippen LogP contribution is 2.28. The smallest absolute Gasteiger partial charge is 0.245 e. The molecule has 0 atom stereocenters. The van der Waals surface area contributed by atoms with Crippen molar-refractivity contribution >= 4 is 10.0 Å². The molecule has 1 fully saturated rings. The Kier molecular flexibility index (Phi) is 4.24. The Morgan fingerprint density at radius 3 is 2.65 bits per heavy atom. The summed E-state index contributed by atoms with van der Waals surface area (Å²) in [6.45, 7) is 7.21. The van der Waals surface area contributed by atoms with Gasteiger partial charge in [-0.25, -0.2) is 8.42 Å². The minimum atomic E-state index is -3.57. The van der Waals surface area contributed by atoms with Crippen molar-refractivity contribution in [2.24, 2.45) is 0 Å². The second-order valence-electron chi connectivity index (χ2n) is 5.55. The van der Waals surface area contributed by atoms with Gasteiger partial charge in [-0.1, -0.05) is 0 Å². The number of hydrogen-bond donors (Lipinski definition) is 1. The van der Waals surface area contributed by atoms with Crippen LogP contribution in [0.25, 0.3) is 0 Å². The van der Waals surface area contributed by atoms with E-state index in [1.165, 1.54) is 4.31 Å². The van der Waals surface area contributed by atoms with Gasteiger partial charge in [-0.2, -0.15) is 4.31 Å². The normalized spacial score (nSPS) is 20.2. The van der Waals surface area contributed by atoms with Crippen molar-refractivity contribution in [3.63, 3.8) is 0 Å². The van der Waals surface area contributed by atoms with E-state index in [0.29, 0.717) is 32.0 Å². The zero-order valence-electron chi connectivity index (χ0n) is 12.2. The lowest BCUT2D eigenvalue weighted by Gasteiger charge is -2.40. The molecule has 7 heteroatoms. The fraction of sp³-hybridized carbons (Fsp3) is 0.692. The first-order chi connectivity index (χ1) is 9.32. The molecule has 6 nitrogen and oxygen atoms in total. The van der Waals surface area contributed by atoms with Gasteiger partial charge in [-0.05, 0) is 26.8 Å². The van der Waals surface area contributed by atoms with Crippen LogP contribution in [0.2, 0.25) is 0 Å². The summed E-state index contributed by atoms with van der Waals surface area (Å²) in [5, 5.41) is 9.29. The predicted molar refractivity (Wildman–Crippen MR) is 74.8 cm³/mol. The van der Waals surface area contributed by atoms with Crippen LogP contribution in [0.4, 0.5) is 0 Å². The number of morpholine rings is 1. The lowest BCUT2D eigenvalue weighted by Crippen LogP contribution is -2.55. The minimum Gasteiger partial charge on any atom is -0.390 e. The Morgan fingerprint density at radius 1 is 1.45 bits per heavy atom. The number of aliphatic hydroxyl groups excluding tert-OH is 1. The van der Waals surface area contributed by atoms with Crippen LogP contribution in [0.5, 0.6) is 0 Å². The topological polar surface area (TPSA) is 71.8 Å². The summed E-state index contributed by atoms with van der Waals surface area (Å²) in [6, 6.07) is 1.55. The van der Waals surface area contributed by atoms with Gasteiger partial charge >= 0.3 is 0 Å². The molecular formula is C13H22N2O4S. The number of nitrogens with zero attached hydrogens (tertiary/aromatic N) is 2. The molecule has 2 heterocycles. The summed E-state index contributed by atoms with van der Waals surface area (Å²) < 4.78 is 34.2. The largest absolute Gasteiger partial charge is 0.390 e. The first-order valence-corrected chi connectivity index (χ1v) is 8.17. The molecule has 2 rings (SSSR count). The van der Waals surface area contributed by atoms with Crippen LogP contribution in [0, 0.1) is 0 Å². The maximum atomic E-state index is 12.8. The van der Waals surface area contributed by atoms with E-state index in [1.807, 2.05) is 20.8 Å². The molecule has 1 aliphatic rings. The molecule has 1 saturated heterocycles. The van der Waals surface area contributed by atoms with Crippen LogP contribution in [0.1, 0.15) is 26.5 Å². The highest BCUT2D eigenvalue weighted by atomic mass is 32.2. The third-order valence-corrected chi connectivity index (χ3v) is 5.70. The number of sulfonamides is 1. The van der Waals surface area contributed by atoms with Gasteiger partial charge < -0.3 is 14.4 Å². The molecule has 0 bridgehead atoms. The van der Waals surface area contributed by atoms with E-state index in [0.717, 1.165) is 0 Å². The molecule has 1 aromatic rings. The summed E-state index contributed by atoms with van der Waals surface area (Å²) in [5.41, 5.74) is 0.0438. The number of ether oxygens (including phenoxy) is 1. The molecule has 0 aliphatic carbocycles. The zero-order chi connectivity index (χ0) is 15.0. The van der Waals surface area contributed by atoms with E-state index in [-0.39, 0.29) is 11.5 Å². The lowest BCUT2D eigenvalue weighted by atomic mass is 10.1. The summed E-state index contributed by atoms with van der Waals surface area (Å²) >= 11 is 0. The lowest BCUT2D eigenvalue weighted by molar-refractivity contribution is -0.00770. The molecule has 1 aliphatic heterocycles. The zero-order valence-corrected chi connectivity index (χ0v) is 13.0. The molecule has 0 saturated carbocycles. The van der Waals surface area contributed by atoms with Gasteiger partial charge in [0, 0.05) is 25.0 Å². The van der Waals surface area contributed by atoms with E-state index in [1.54, 1.807) is 16.8 Å². The van der Waals surface area contributed by atoms with Crippen LogP contribution < -0.4 is 0 Å². The second kappa shape index (κ2) is 5.48. The van der Waals surface area contributed by atoms with Crippen LogP contribution in [0.3, 0.4) is 0 Å². The summed E-state index contributed by atoms with van der Waals surface area (Å²) in [5.74, 6) is 0. The fourth-order valence-electron chi connectivity index (χ4n) is 2.51. The highest BCUT2D eigenvalue weighted by molar-refractivity contribution is 7.89. The van der Waals surface area contributed by atoms with Crippen molar-refractivity contribution in [3.8, 4) is 0 Å². The van der Waals surface area contributed by atoms with Crippen molar-refractivity contribution in [2.75, 3.05) is 19.8 Å². The maximum absolute atomic E-state index is 12.8. The molecule has 0 unspecified atom stereocenters. The van der Waals surface area contributed by atoms with E-state index in [4.69, 9.17) is 4.74 Å². The van der Waals surface area contributed by atoms with Crippen molar-refractivity contribution in [1.29, 1.82) is 0 Å². The molecule has 0 radical (unpaired) electrons. The van der Waals surface area contributed by atoms with Crippen molar-refractivity contribution < 1.29 is 18.3 Å². The van der Waals surface area contributed by atoms with Crippen LogP contribution >= 0.6 is 0 Å². The quantitative estimate of drug-likeness (QED) is 0.893. The Labute approximate surface area is 120 Å². The van der Waals surface area contributed by atoms with Gasteiger partial charge in [0.1, 0.15) is 4.90 Å². The van der Waals surface area contributed by atoms with Crippen LogP contribution in [-0.4, -0.2) is 47.7 Å².